The number of nitrogens with zero attached hydrogens (tertiary/aromatic N) is 1. The zero-order valence-electron chi connectivity index (χ0n) is 7.16. The van der Waals surface area contributed by atoms with Crippen molar-refractivity contribution >= 4 is 17.9 Å². The van der Waals surface area contributed by atoms with Crippen molar-refractivity contribution in [2.24, 2.45) is 5.41 Å². The first-order valence-corrected chi connectivity index (χ1v) is 4.69. The van der Waals surface area contributed by atoms with Gasteiger partial charge in [-0.1, -0.05) is 17.7 Å². The standard InChI is InChI=1S/C10H10ClNO/c11-9-2-1-8(6-12-9)5-10(7-13)3-4-10/h1-2,6-7H,3-5H2. The summed E-state index contributed by atoms with van der Waals surface area (Å²) in [5.74, 6) is 0. The van der Waals surface area contributed by atoms with Crippen molar-refractivity contribution < 1.29 is 4.79 Å². The van der Waals surface area contributed by atoms with Crippen molar-refractivity contribution in [2.75, 3.05) is 0 Å². The molecule has 0 atom stereocenters. The van der Waals surface area contributed by atoms with Gasteiger partial charge in [-0.3, -0.25) is 0 Å². The first kappa shape index (κ1) is 8.70. The number of aromatic nitrogens is 1. The Morgan fingerprint density at radius 2 is 2.31 bits per heavy atom. The largest absolute Gasteiger partial charge is 0.303 e. The van der Waals surface area contributed by atoms with E-state index in [2.05, 4.69) is 4.98 Å². The zero-order valence-corrected chi connectivity index (χ0v) is 7.92. The second kappa shape index (κ2) is 3.11. The van der Waals surface area contributed by atoms with Crippen LogP contribution >= 0.6 is 11.6 Å². The normalized spacial score (nSPS) is 18.2. The molecule has 0 spiro atoms. The molecule has 0 unspecified atom stereocenters. The minimum atomic E-state index is -0.0739. The van der Waals surface area contributed by atoms with Gasteiger partial charge in [-0.05, 0) is 30.9 Å². The maximum Gasteiger partial charge on any atom is 0.129 e. The van der Waals surface area contributed by atoms with E-state index < -0.39 is 0 Å². The first-order chi connectivity index (χ1) is 6.24. The third kappa shape index (κ3) is 1.89. The molecule has 0 aromatic carbocycles. The average Bonchev–Trinajstić information content (AvgIpc) is 2.90. The second-order valence-corrected chi connectivity index (χ2v) is 4.03. The zero-order chi connectivity index (χ0) is 9.31. The van der Waals surface area contributed by atoms with E-state index in [1.807, 2.05) is 6.07 Å². The number of halogens is 1. The average molecular weight is 196 g/mol. The molecule has 1 fully saturated rings. The molecule has 0 amide bonds. The van der Waals surface area contributed by atoms with Crippen molar-refractivity contribution in [3.63, 3.8) is 0 Å². The number of rotatable bonds is 3. The van der Waals surface area contributed by atoms with E-state index in [1.165, 1.54) is 0 Å². The summed E-state index contributed by atoms with van der Waals surface area (Å²) in [5, 5.41) is 0.500. The molecule has 1 aliphatic carbocycles. The molecule has 0 saturated heterocycles. The van der Waals surface area contributed by atoms with Crippen molar-refractivity contribution in [3.05, 3.63) is 29.0 Å². The van der Waals surface area contributed by atoms with Gasteiger partial charge in [0, 0.05) is 11.6 Å². The van der Waals surface area contributed by atoms with Gasteiger partial charge in [0.25, 0.3) is 0 Å². The van der Waals surface area contributed by atoms with E-state index in [9.17, 15) is 4.79 Å². The van der Waals surface area contributed by atoms with E-state index in [0.717, 1.165) is 31.1 Å². The molecular weight excluding hydrogens is 186 g/mol. The summed E-state index contributed by atoms with van der Waals surface area (Å²) in [5.41, 5.74) is 1.02. The van der Waals surface area contributed by atoms with Gasteiger partial charge < -0.3 is 4.79 Å². The molecule has 13 heavy (non-hydrogen) atoms. The number of carbonyl (C=O) groups excluding carboxylic acids is 1. The lowest BCUT2D eigenvalue weighted by Crippen LogP contribution is -2.06. The quantitative estimate of drug-likeness (QED) is 0.547. The molecule has 0 aliphatic heterocycles. The smallest absolute Gasteiger partial charge is 0.129 e. The molecule has 2 nitrogen and oxygen atoms in total. The van der Waals surface area contributed by atoms with Crippen LogP contribution in [0.4, 0.5) is 0 Å². The van der Waals surface area contributed by atoms with Crippen molar-refractivity contribution in [1.82, 2.24) is 4.98 Å². The van der Waals surface area contributed by atoms with Gasteiger partial charge in [0.2, 0.25) is 0 Å². The summed E-state index contributed by atoms with van der Waals surface area (Å²) >= 11 is 5.65. The molecule has 1 aromatic heterocycles. The van der Waals surface area contributed by atoms with Crippen LogP contribution in [-0.4, -0.2) is 11.3 Å². The van der Waals surface area contributed by atoms with Gasteiger partial charge in [0.05, 0.1) is 0 Å². The Morgan fingerprint density at radius 3 is 2.77 bits per heavy atom. The van der Waals surface area contributed by atoms with Crippen LogP contribution < -0.4 is 0 Å². The van der Waals surface area contributed by atoms with Crippen LogP contribution in [0.15, 0.2) is 18.3 Å². The summed E-state index contributed by atoms with van der Waals surface area (Å²) in [4.78, 5) is 14.7. The van der Waals surface area contributed by atoms with Crippen LogP contribution in [0, 0.1) is 5.41 Å². The van der Waals surface area contributed by atoms with Crippen LogP contribution in [-0.2, 0) is 11.2 Å². The molecule has 68 valence electrons. The first-order valence-electron chi connectivity index (χ1n) is 4.31. The maximum absolute atomic E-state index is 10.7. The molecular formula is C10H10ClNO. The fraction of sp³-hybridized carbons (Fsp3) is 0.400. The molecule has 0 bridgehead atoms. The second-order valence-electron chi connectivity index (χ2n) is 3.65. The van der Waals surface area contributed by atoms with Gasteiger partial charge in [0.1, 0.15) is 11.4 Å². The van der Waals surface area contributed by atoms with E-state index in [4.69, 9.17) is 11.6 Å². The lowest BCUT2D eigenvalue weighted by molar-refractivity contribution is -0.112. The molecule has 1 aromatic rings. The van der Waals surface area contributed by atoms with Crippen molar-refractivity contribution in [1.29, 1.82) is 0 Å². The van der Waals surface area contributed by atoms with Crippen molar-refractivity contribution in [2.45, 2.75) is 19.3 Å². The summed E-state index contributed by atoms with van der Waals surface area (Å²) in [6.45, 7) is 0. The molecule has 1 aliphatic rings. The van der Waals surface area contributed by atoms with E-state index in [1.54, 1.807) is 12.3 Å². The number of carbonyl (C=O) groups is 1. The Hall–Kier alpha value is -0.890. The molecule has 2 rings (SSSR count). The monoisotopic (exact) mass is 195 g/mol. The Morgan fingerprint density at radius 1 is 1.54 bits per heavy atom. The highest BCUT2D eigenvalue weighted by Gasteiger charge is 2.42. The number of hydrogen-bond acceptors (Lipinski definition) is 2. The number of hydrogen-bond donors (Lipinski definition) is 0. The molecule has 3 heteroatoms. The molecule has 1 saturated carbocycles. The highest BCUT2D eigenvalue weighted by molar-refractivity contribution is 6.29. The fourth-order valence-electron chi connectivity index (χ4n) is 1.41. The van der Waals surface area contributed by atoms with E-state index in [0.29, 0.717) is 5.15 Å². The lowest BCUT2D eigenvalue weighted by atomic mass is 10.00. The van der Waals surface area contributed by atoms with Gasteiger partial charge in [-0.25, -0.2) is 4.98 Å². The lowest BCUT2D eigenvalue weighted by Gasteiger charge is -2.05. The Kier molecular flexibility index (Phi) is 2.08. The Bertz CT molecular complexity index is 316. The van der Waals surface area contributed by atoms with Gasteiger partial charge in [-0.15, -0.1) is 0 Å². The minimum absolute atomic E-state index is 0.0739. The van der Waals surface area contributed by atoms with Gasteiger partial charge >= 0.3 is 0 Å². The van der Waals surface area contributed by atoms with Crippen LogP contribution in [0.1, 0.15) is 18.4 Å². The Balaban J connectivity index is 2.10. The SMILES string of the molecule is O=CC1(Cc2ccc(Cl)nc2)CC1. The molecule has 0 radical (unpaired) electrons. The predicted molar refractivity (Wildman–Crippen MR) is 50.7 cm³/mol. The number of aldehydes is 1. The van der Waals surface area contributed by atoms with E-state index in [-0.39, 0.29) is 5.41 Å². The topological polar surface area (TPSA) is 30.0 Å². The van der Waals surface area contributed by atoms with Crippen LogP contribution in [0.3, 0.4) is 0 Å². The Labute approximate surface area is 81.9 Å². The number of pyridine rings is 1. The van der Waals surface area contributed by atoms with E-state index >= 15 is 0 Å². The molecule has 1 heterocycles. The summed E-state index contributed by atoms with van der Waals surface area (Å²) in [6.07, 6.45) is 5.65. The van der Waals surface area contributed by atoms with Gasteiger partial charge in [-0.2, -0.15) is 0 Å². The van der Waals surface area contributed by atoms with Crippen LogP contribution in [0.25, 0.3) is 0 Å². The summed E-state index contributed by atoms with van der Waals surface area (Å²) < 4.78 is 0. The third-order valence-electron chi connectivity index (χ3n) is 2.49. The maximum atomic E-state index is 10.7. The summed E-state index contributed by atoms with van der Waals surface area (Å²) in [6, 6.07) is 3.69. The minimum Gasteiger partial charge on any atom is -0.303 e. The third-order valence-corrected chi connectivity index (χ3v) is 2.71. The van der Waals surface area contributed by atoms with Crippen LogP contribution in [0.5, 0.6) is 0 Å². The van der Waals surface area contributed by atoms with Gasteiger partial charge in [0.15, 0.2) is 0 Å². The summed E-state index contributed by atoms with van der Waals surface area (Å²) in [7, 11) is 0. The predicted octanol–water partition coefficient (Wildman–Crippen LogP) is 2.26. The molecule has 0 N–H and O–H groups in total. The van der Waals surface area contributed by atoms with Crippen LogP contribution in [0.2, 0.25) is 5.15 Å². The van der Waals surface area contributed by atoms with Crippen molar-refractivity contribution in [3.8, 4) is 0 Å². The fourth-order valence-corrected chi connectivity index (χ4v) is 1.53. The highest BCUT2D eigenvalue weighted by atomic mass is 35.5. The highest BCUT2D eigenvalue weighted by Crippen LogP contribution is 2.46.